The quantitative estimate of drug-likeness (QED) is 0.169. The largest absolute Gasteiger partial charge is 0.454 e. The molecule has 0 aliphatic rings. The molecule has 0 aliphatic carbocycles. The molecule has 10 rings (SSSR count). The average Bonchev–Trinajstić information content (AvgIpc) is 3.76. The maximum absolute atomic E-state index is 7.05. The zero-order valence-corrected chi connectivity index (χ0v) is 28.3. The van der Waals surface area contributed by atoms with Gasteiger partial charge in [0.2, 0.25) is 0 Å². The summed E-state index contributed by atoms with van der Waals surface area (Å²) in [6.07, 6.45) is 0. The number of benzene rings is 8. The lowest BCUT2D eigenvalue weighted by atomic mass is 10.1. The third kappa shape index (κ3) is 4.84. The first kappa shape index (κ1) is 29.8. The summed E-state index contributed by atoms with van der Waals surface area (Å²) in [6.45, 7) is 0. The Morgan fingerprint density at radius 2 is 0.827 bits per heavy atom. The second kappa shape index (κ2) is 12.4. The Hall–Kier alpha value is -7.04. The van der Waals surface area contributed by atoms with E-state index in [1.807, 2.05) is 0 Å². The molecular weight excluding hydrogens is 635 g/mol. The molecular formula is C48H33N3O. The second-order valence-corrected chi connectivity index (χ2v) is 13.0. The summed E-state index contributed by atoms with van der Waals surface area (Å²) >= 11 is 0. The minimum absolute atomic E-state index is 0.828. The van der Waals surface area contributed by atoms with Crippen LogP contribution in [0.3, 0.4) is 0 Å². The number of furan rings is 1. The van der Waals surface area contributed by atoms with E-state index < -0.39 is 0 Å². The fourth-order valence-electron chi connectivity index (χ4n) is 7.72. The molecule has 0 saturated heterocycles. The molecule has 246 valence electrons. The number of hydrogen-bond donors (Lipinski definition) is 0. The van der Waals surface area contributed by atoms with E-state index in [-0.39, 0.29) is 0 Å². The van der Waals surface area contributed by atoms with E-state index in [0.717, 1.165) is 72.8 Å². The van der Waals surface area contributed by atoms with Crippen molar-refractivity contribution < 1.29 is 4.42 Å². The van der Waals surface area contributed by atoms with Crippen molar-refractivity contribution >= 4 is 77.9 Å². The topological polar surface area (TPSA) is 24.6 Å². The highest BCUT2D eigenvalue weighted by atomic mass is 16.3. The van der Waals surface area contributed by atoms with Crippen molar-refractivity contribution in [3.05, 3.63) is 200 Å². The highest BCUT2D eigenvalue weighted by molar-refractivity contribution is 6.18. The van der Waals surface area contributed by atoms with Gasteiger partial charge < -0.3 is 18.8 Å². The third-order valence-corrected chi connectivity index (χ3v) is 9.92. The smallest absolute Gasteiger partial charge is 0.159 e. The Morgan fingerprint density at radius 3 is 1.35 bits per heavy atom. The van der Waals surface area contributed by atoms with Crippen LogP contribution in [0.2, 0.25) is 0 Å². The van der Waals surface area contributed by atoms with E-state index in [2.05, 4.69) is 215 Å². The Morgan fingerprint density at radius 1 is 0.365 bits per heavy atom. The lowest BCUT2D eigenvalue weighted by Crippen LogP contribution is -2.11. The van der Waals surface area contributed by atoms with Crippen LogP contribution in [0.5, 0.6) is 0 Å². The fraction of sp³-hybridized carbons (Fsp3) is 0. The molecule has 4 nitrogen and oxygen atoms in total. The highest BCUT2D eigenvalue weighted by Crippen LogP contribution is 2.47. The van der Waals surface area contributed by atoms with Crippen LogP contribution in [0.25, 0.3) is 49.4 Å². The standard InChI is InChI=1S/C48H33N3O/c1-5-18-34(19-6-1)49(35-20-7-2-8-21-35)38-32-41-47-44(50(36-22-9-3-10-23-36)37-24-11-4-12-25-37)30-17-31-46(47)52-48(41)45(33-38)51-42-28-15-13-26-39(42)40-27-14-16-29-43(40)51/h1-33H. The number of anilines is 6. The minimum Gasteiger partial charge on any atom is -0.454 e. The summed E-state index contributed by atoms with van der Waals surface area (Å²) in [5.41, 5.74) is 11.3. The normalized spacial score (nSPS) is 11.5. The number of hydrogen-bond acceptors (Lipinski definition) is 3. The van der Waals surface area contributed by atoms with Crippen LogP contribution >= 0.6 is 0 Å². The number of rotatable bonds is 7. The predicted molar refractivity (Wildman–Crippen MR) is 217 cm³/mol. The van der Waals surface area contributed by atoms with Crippen molar-refractivity contribution in [1.82, 2.24) is 4.57 Å². The van der Waals surface area contributed by atoms with E-state index in [9.17, 15) is 0 Å². The Kier molecular flexibility index (Phi) is 7.10. The van der Waals surface area contributed by atoms with Gasteiger partial charge in [0.15, 0.2) is 5.58 Å². The van der Waals surface area contributed by atoms with Gasteiger partial charge in [0, 0.05) is 44.6 Å². The maximum Gasteiger partial charge on any atom is 0.159 e. The van der Waals surface area contributed by atoms with E-state index in [0.29, 0.717) is 0 Å². The molecule has 0 fully saturated rings. The summed E-state index contributed by atoms with van der Waals surface area (Å²) in [5.74, 6) is 0. The molecule has 0 amide bonds. The van der Waals surface area contributed by atoms with Gasteiger partial charge in [-0.2, -0.15) is 0 Å². The summed E-state index contributed by atoms with van der Waals surface area (Å²) < 4.78 is 9.42. The Labute approximate surface area is 301 Å². The predicted octanol–water partition coefficient (Wildman–Crippen LogP) is 13.6. The van der Waals surface area contributed by atoms with Gasteiger partial charge in [-0.05, 0) is 84.9 Å². The first-order valence-electron chi connectivity index (χ1n) is 17.6. The van der Waals surface area contributed by atoms with Crippen LogP contribution in [0.4, 0.5) is 34.1 Å². The van der Waals surface area contributed by atoms with E-state index in [4.69, 9.17) is 4.42 Å². The van der Waals surface area contributed by atoms with Crippen molar-refractivity contribution in [3.8, 4) is 5.69 Å². The van der Waals surface area contributed by atoms with Gasteiger partial charge in [-0.25, -0.2) is 0 Å². The molecule has 2 aromatic heterocycles. The molecule has 10 aromatic rings. The summed E-state index contributed by atoms with van der Waals surface area (Å²) in [7, 11) is 0. The molecule has 8 aromatic carbocycles. The first-order valence-corrected chi connectivity index (χ1v) is 17.6. The van der Waals surface area contributed by atoms with E-state index in [1.54, 1.807) is 0 Å². The second-order valence-electron chi connectivity index (χ2n) is 13.0. The van der Waals surface area contributed by atoms with Crippen molar-refractivity contribution in [2.24, 2.45) is 0 Å². The van der Waals surface area contributed by atoms with Crippen LogP contribution in [0.15, 0.2) is 205 Å². The number of nitrogens with zero attached hydrogens (tertiary/aromatic N) is 3. The van der Waals surface area contributed by atoms with Crippen LogP contribution in [0, 0.1) is 0 Å². The average molecular weight is 668 g/mol. The third-order valence-electron chi connectivity index (χ3n) is 9.92. The van der Waals surface area contributed by atoms with E-state index in [1.165, 1.54) is 10.8 Å². The van der Waals surface area contributed by atoms with E-state index >= 15 is 0 Å². The Bertz CT molecular complexity index is 2710. The molecule has 0 saturated carbocycles. The number of fused-ring (bicyclic) bond motifs is 6. The lowest BCUT2D eigenvalue weighted by Gasteiger charge is -2.27. The first-order chi connectivity index (χ1) is 25.8. The zero-order chi connectivity index (χ0) is 34.4. The van der Waals surface area contributed by atoms with Crippen molar-refractivity contribution in [3.63, 3.8) is 0 Å². The monoisotopic (exact) mass is 667 g/mol. The number of aromatic nitrogens is 1. The van der Waals surface area contributed by atoms with Crippen LogP contribution in [-0.2, 0) is 0 Å². The summed E-state index contributed by atoms with van der Waals surface area (Å²) in [6, 6.07) is 70.6. The molecule has 0 aliphatic heterocycles. The van der Waals surface area contributed by atoms with Gasteiger partial charge in [0.25, 0.3) is 0 Å². The SMILES string of the molecule is c1ccc(N(c2ccccc2)c2cc(-n3c4ccccc4c4ccccc43)c3oc4cccc(N(c5ccccc5)c5ccccc5)c4c3c2)cc1. The van der Waals surface area contributed by atoms with Crippen molar-refractivity contribution in [1.29, 1.82) is 0 Å². The van der Waals surface area contributed by atoms with Gasteiger partial charge in [0.05, 0.1) is 27.8 Å². The van der Waals surface area contributed by atoms with Crippen LogP contribution in [0.1, 0.15) is 0 Å². The van der Waals surface area contributed by atoms with Gasteiger partial charge in [0.1, 0.15) is 5.58 Å². The molecule has 2 heterocycles. The van der Waals surface area contributed by atoms with Crippen LogP contribution in [-0.4, -0.2) is 4.57 Å². The molecule has 52 heavy (non-hydrogen) atoms. The summed E-state index contributed by atoms with van der Waals surface area (Å²) in [4.78, 5) is 4.67. The van der Waals surface area contributed by atoms with Gasteiger partial charge in [-0.15, -0.1) is 0 Å². The molecule has 0 radical (unpaired) electrons. The van der Waals surface area contributed by atoms with Gasteiger partial charge >= 0.3 is 0 Å². The molecule has 0 bridgehead atoms. The number of para-hydroxylation sites is 6. The molecule has 0 atom stereocenters. The summed E-state index contributed by atoms with van der Waals surface area (Å²) in [5, 5.41) is 4.50. The highest BCUT2D eigenvalue weighted by Gasteiger charge is 2.25. The zero-order valence-electron chi connectivity index (χ0n) is 28.3. The fourth-order valence-corrected chi connectivity index (χ4v) is 7.72. The molecule has 0 N–H and O–H groups in total. The molecule has 0 spiro atoms. The van der Waals surface area contributed by atoms with Gasteiger partial charge in [-0.3, -0.25) is 0 Å². The molecule has 4 heteroatoms. The maximum atomic E-state index is 7.05. The lowest BCUT2D eigenvalue weighted by molar-refractivity contribution is 0.666. The van der Waals surface area contributed by atoms with Crippen molar-refractivity contribution in [2.45, 2.75) is 0 Å². The van der Waals surface area contributed by atoms with Crippen LogP contribution < -0.4 is 9.80 Å². The van der Waals surface area contributed by atoms with Crippen molar-refractivity contribution in [2.75, 3.05) is 9.80 Å². The Balaban J connectivity index is 1.35. The molecule has 0 unspecified atom stereocenters. The van der Waals surface area contributed by atoms with Gasteiger partial charge in [-0.1, -0.05) is 115 Å². The minimum atomic E-state index is 0.828.